The van der Waals surface area contributed by atoms with E-state index in [2.05, 4.69) is 0 Å². The van der Waals surface area contributed by atoms with Gasteiger partial charge in [-0.15, -0.1) is 11.3 Å². The molecule has 1 aromatic rings. The lowest BCUT2D eigenvalue weighted by Crippen LogP contribution is -2.47. The highest BCUT2D eigenvalue weighted by molar-refractivity contribution is 7.10. The van der Waals surface area contributed by atoms with Crippen molar-refractivity contribution in [3.8, 4) is 0 Å². The van der Waals surface area contributed by atoms with Crippen LogP contribution in [0.25, 0.3) is 0 Å². The number of ether oxygens (including phenoxy) is 1. The van der Waals surface area contributed by atoms with Crippen LogP contribution in [0, 0.1) is 0 Å². The number of hydrogen-bond donors (Lipinski definition) is 1. The topological polar surface area (TPSA) is 66.8 Å². The molecule has 1 saturated heterocycles. The number of carboxylic acids is 1. The molecule has 1 N–H and O–H groups in total. The molecular weight excluding hydrogens is 266 g/mol. The van der Waals surface area contributed by atoms with Crippen LogP contribution in [0.15, 0.2) is 11.4 Å². The predicted molar refractivity (Wildman–Crippen MR) is 69.1 cm³/mol. The zero-order valence-electron chi connectivity index (χ0n) is 10.4. The number of carbonyl (C=O) groups excluding carboxylic acids is 1. The number of rotatable bonds is 2. The van der Waals surface area contributed by atoms with Gasteiger partial charge in [-0.1, -0.05) is 0 Å². The summed E-state index contributed by atoms with van der Waals surface area (Å²) in [5.41, 5.74) is 0.759. The molecule has 102 valence electrons. The maximum atomic E-state index is 12.4. The van der Waals surface area contributed by atoms with Gasteiger partial charge in [0.15, 0.2) is 6.04 Å². The maximum Gasteiger partial charge on any atom is 0.331 e. The van der Waals surface area contributed by atoms with Crippen molar-refractivity contribution < 1.29 is 19.4 Å². The van der Waals surface area contributed by atoms with Gasteiger partial charge in [-0.25, -0.2) is 4.79 Å². The molecule has 1 unspecified atom stereocenters. The second-order valence-corrected chi connectivity index (χ2v) is 5.82. The molecule has 19 heavy (non-hydrogen) atoms. The first-order valence-corrected chi connectivity index (χ1v) is 7.27. The van der Waals surface area contributed by atoms with E-state index in [1.165, 1.54) is 4.90 Å². The van der Waals surface area contributed by atoms with Gasteiger partial charge in [0.2, 0.25) is 0 Å². The normalized spacial score (nSPS) is 26.2. The summed E-state index contributed by atoms with van der Waals surface area (Å²) in [6, 6.07) is 0.958. The fourth-order valence-corrected chi connectivity index (χ4v) is 3.68. The van der Waals surface area contributed by atoms with Crippen LogP contribution < -0.4 is 0 Å². The smallest absolute Gasteiger partial charge is 0.331 e. The second-order valence-electron chi connectivity index (χ2n) is 4.82. The lowest BCUT2D eigenvalue weighted by Gasteiger charge is -2.34. The molecule has 1 aromatic heterocycles. The first-order valence-electron chi connectivity index (χ1n) is 6.39. The quantitative estimate of drug-likeness (QED) is 0.890. The molecule has 0 bridgehead atoms. The number of nitrogens with zero attached hydrogens (tertiary/aromatic N) is 1. The third-order valence-corrected chi connectivity index (χ3v) is 4.68. The van der Waals surface area contributed by atoms with Gasteiger partial charge < -0.3 is 14.7 Å². The van der Waals surface area contributed by atoms with E-state index in [-0.39, 0.29) is 5.91 Å². The summed E-state index contributed by atoms with van der Waals surface area (Å²) in [5.74, 6) is -1.15. The highest BCUT2D eigenvalue weighted by Gasteiger charge is 2.40. The van der Waals surface area contributed by atoms with Crippen molar-refractivity contribution in [1.29, 1.82) is 0 Å². The lowest BCUT2D eigenvalue weighted by atomic mass is 9.99. The van der Waals surface area contributed by atoms with Gasteiger partial charge in [0.1, 0.15) is 6.10 Å². The number of fused-ring (bicyclic) bond motifs is 1. The average molecular weight is 281 g/mol. The van der Waals surface area contributed by atoms with Gasteiger partial charge in [-0.2, -0.15) is 0 Å². The van der Waals surface area contributed by atoms with Gasteiger partial charge in [-0.05, 0) is 36.3 Å². The van der Waals surface area contributed by atoms with Crippen LogP contribution in [0.4, 0.5) is 0 Å². The molecule has 3 rings (SSSR count). The minimum absolute atomic E-state index is 0.179. The third-order valence-electron chi connectivity index (χ3n) is 3.69. The number of carboxylic acid groups (broad SMARTS) is 1. The first-order chi connectivity index (χ1) is 9.18. The highest BCUT2D eigenvalue weighted by Crippen LogP contribution is 2.34. The van der Waals surface area contributed by atoms with Crippen LogP contribution in [-0.2, 0) is 20.7 Å². The Bertz CT molecular complexity index is 506. The largest absolute Gasteiger partial charge is 0.479 e. The SMILES string of the molecule is O=C(O)C1c2ccsc2CCN1C(=O)[C@@H]1CCCO1. The van der Waals surface area contributed by atoms with Crippen molar-refractivity contribution in [3.05, 3.63) is 21.9 Å². The summed E-state index contributed by atoms with van der Waals surface area (Å²) in [6.45, 7) is 1.05. The number of carbonyl (C=O) groups is 2. The van der Waals surface area contributed by atoms with Crippen molar-refractivity contribution in [2.75, 3.05) is 13.2 Å². The molecule has 2 aliphatic rings. The maximum absolute atomic E-state index is 12.4. The fraction of sp³-hybridized carbons (Fsp3) is 0.538. The van der Waals surface area contributed by atoms with E-state index in [9.17, 15) is 14.7 Å². The van der Waals surface area contributed by atoms with E-state index >= 15 is 0 Å². The van der Waals surface area contributed by atoms with Crippen molar-refractivity contribution >= 4 is 23.2 Å². The third kappa shape index (κ3) is 2.15. The molecule has 2 atom stereocenters. The molecule has 0 spiro atoms. The van der Waals surface area contributed by atoms with E-state index in [1.54, 1.807) is 11.3 Å². The predicted octanol–water partition coefficient (Wildman–Crippen LogP) is 1.44. The summed E-state index contributed by atoms with van der Waals surface area (Å²) in [5, 5.41) is 11.3. The highest BCUT2D eigenvalue weighted by atomic mass is 32.1. The number of aliphatic carboxylic acids is 1. The molecule has 1 fully saturated rings. The van der Waals surface area contributed by atoms with Crippen molar-refractivity contribution in [1.82, 2.24) is 4.90 Å². The Morgan fingerprint density at radius 3 is 3.00 bits per heavy atom. The first kappa shape index (κ1) is 12.6. The van der Waals surface area contributed by atoms with Crippen LogP contribution >= 0.6 is 11.3 Å². The Morgan fingerprint density at radius 2 is 2.32 bits per heavy atom. The Kier molecular flexibility index (Phi) is 3.28. The van der Waals surface area contributed by atoms with Crippen molar-refractivity contribution in [3.63, 3.8) is 0 Å². The van der Waals surface area contributed by atoms with Crippen LogP contribution in [-0.4, -0.2) is 41.1 Å². The molecule has 1 amide bonds. The summed E-state index contributed by atoms with van der Waals surface area (Å²) in [6.07, 6.45) is 1.83. The van der Waals surface area contributed by atoms with Crippen LogP contribution in [0.3, 0.4) is 0 Å². The van der Waals surface area contributed by atoms with Gasteiger partial charge in [-0.3, -0.25) is 4.79 Å². The Hall–Kier alpha value is -1.40. The van der Waals surface area contributed by atoms with E-state index in [1.807, 2.05) is 11.4 Å². The molecule has 0 saturated carbocycles. The minimum Gasteiger partial charge on any atom is -0.479 e. The van der Waals surface area contributed by atoms with E-state index in [0.29, 0.717) is 19.6 Å². The molecule has 0 aromatic carbocycles. The molecule has 5 nitrogen and oxygen atoms in total. The molecule has 6 heteroatoms. The van der Waals surface area contributed by atoms with Gasteiger partial charge >= 0.3 is 5.97 Å². The molecular formula is C13H15NO4S. The molecule has 0 radical (unpaired) electrons. The van der Waals surface area contributed by atoms with Crippen LogP contribution in [0.5, 0.6) is 0 Å². The fourth-order valence-electron chi connectivity index (χ4n) is 2.78. The Morgan fingerprint density at radius 1 is 1.47 bits per heavy atom. The number of hydrogen-bond acceptors (Lipinski definition) is 4. The Balaban J connectivity index is 1.89. The van der Waals surface area contributed by atoms with Crippen molar-refractivity contribution in [2.24, 2.45) is 0 Å². The number of thiophene rings is 1. The monoisotopic (exact) mass is 281 g/mol. The Labute approximate surface area is 114 Å². The van der Waals surface area contributed by atoms with Crippen LogP contribution in [0.1, 0.15) is 29.3 Å². The summed E-state index contributed by atoms with van der Waals surface area (Å²) < 4.78 is 5.38. The zero-order chi connectivity index (χ0) is 13.4. The van der Waals surface area contributed by atoms with Gasteiger partial charge in [0.05, 0.1) is 0 Å². The van der Waals surface area contributed by atoms with E-state index in [0.717, 1.165) is 23.3 Å². The van der Waals surface area contributed by atoms with E-state index < -0.39 is 18.1 Å². The average Bonchev–Trinajstić information content (AvgIpc) is 3.06. The lowest BCUT2D eigenvalue weighted by molar-refractivity contribution is -0.155. The minimum atomic E-state index is -0.967. The molecule has 0 aliphatic carbocycles. The van der Waals surface area contributed by atoms with Gasteiger partial charge in [0.25, 0.3) is 5.91 Å². The molecule has 2 aliphatic heterocycles. The number of amides is 1. The van der Waals surface area contributed by atoms with Crippen molar-refractivity contribution in [2.45, 2.75) is 31.4 Å². The van der Waals surface area contributed by atoms with Crippen LogP contribution in [0.2, 0.25) is 0 Å². The summed E-state index contributed by atoms with van der Waals surface area (Å²) in [4.78, 5) is 26.4. The van der Waals surface area contributed by atoms with Gasteiger partial charge in [0, 0.05) is 18.0 Å². The van der Waals surface area contributed by atoms with E-state index in [4.69, 9.17) is 4.74 Å². The summed E-state index contributed by atoms with van der Waals surface area (Å²) >= 11 is 1.56. The molecule has 3 heterocycles. The summed E-state index contributed by atoms with van der Waals surface area (Å²) in [7, 11) is 0. The zero-order valence-corrected chi connectivity index (χ0v) is 11.2. The second kappa shape index (κ2) is 4.94. The standard InChI is InChI=1S/C13H15NO4S/c15-12(9-2-1-6-18-9)14-5-3-10-8(4-7-19-10)11(14)13(16)17/h4,7,9,11H,1-3,5-6H2,(H,16,17)/t9-,11?/m0/s1.